The van der Waals surface area contributed by atoms with Crippen molar-refractivity contribution in [2.24, 2.45) is 5.73 Å². The van der Waals surface area contributed by atoms with Crippen molar-refractivity contribution in [2.75, 3.05) is 0 Å². The number of hydrogen-bond acceptors (Lipinski definition) is 3. The molecule has 5 heteroatoms. The van der Waals surface area contributed by atoms with E-state index in [1.165, 1.54) is 11.3 Å². The zero-order valence-corrected chi connectivity index (χ0v) is 11.7. The SMILES string of the molecule is NC(C(=O)Cc1cc(Cl)ccc1Cl)c1cccs1. The van der Waals surface area contributed by atoms with Gasteiger partial charge in [0, 0.05) is 21.3 Å². The zero-order chi connectivity index (χ0) is 13.1. The van der Waals surface area contributed by atoms with Gasteiger partial charge >= 0.3 is 0 Å². The lowest BCUT2D eigenvalue weighted by atomic mass is 10.0. The van der Waals surface area contributed by atoms with Crippen LogP contribution in [0, 0.1) is 0 Å². The van der Waals surface area contributed by atoms with E-state index in [0.29, 0.717) is 15.6 Å². The third kappa shape index (κ3) is 3.12. The van der Waals surface area contributed by atoms with Crippen molar-refractivity contribution in [1.29, 1.82) is 0 Å². The molecule has 2 nitrogen and oxygen atoms in total. The molecule has 0 aliphatic rings. The van der Waals surface area contributed by atoms with Gasteiger partial charge in [-0.3, -0.25) is 4.79 Å². The molecule has 2 N–H and O–H groups in total. The molecule has 0 bridgehead atoms. The Bertz CT molecular complexity index is 554. The smallest absolute Gasteiger partial charge is 0.159 e. The summed E-state index contributed by atoms with van der Waals surface area (Å²) >= 11 is 13.4. The van der Waals surface area contributed by atoms with Gasteiger partial charge in [-0.05, 0) is 35.2 Å². The number of rotatable bonds is 4. The first-order valence-electron chi connectivity index (χ1n) is 5.33. The lowest BCUT2D eigenvalue weighted by Gasteiger charge is -2.09. The topological polar surface area (TPSA) is 43.1 Å². The van der Waals surface area contributed by atoms with Crippen LogP contribution in [0.1, 0.15) is 16.5 Å². The number of Topliss-reactive ketones (excluding diaryl/α,β-unsaturated/α-hetero) is 1. The van der Waals surface area contributed by atoms with Crippen LogP contribution in [0.15, 0.2) is 35.7 Å². The fourth-order valence-electron chi connectivity index (χ4n) is 1.60. The Morgan fingerprint density at radius 1 is 1.33 bits per heavy atom. The predicted octanol–water partition coefficient (Wildman–Crippen LogP) is 3.87. The maximum Gasteiger partial charge on any atom is 0.159 e. The molecule has 0 fully saturated rings. The van der Waals surface area contributed by atoms with Gasteiger partial charge in [0.1, 0.15) is 0 Å². The van der Waals surface area contributed by atoms with Gasteiger partial charge in [-0.25, -0.2) is 0 Å². The molecule has 0 aliphatic heterocycles. The van der Waals surface area contributed by atoms with Crippen LogP contribution in [-0.4, -0.2) is 5.78 Å². The van der Waals surface area contributed by atoms with Crippen LogP contribution in [0.4, 0.5) is 0 Å². The number of carbonyl (C=O) groups excluding carboxylic acids is 1. The van der Waals surface area contributed by atoms with E-state index in [0.717, 1.165) is 4.88 Å². The summed E-state index contributed by atoms with van der Waals surface area (Å²) in [5, 5.41) is 2.99. The molecule has 2 rings (SSSR count). The Morgan fingerprint density at radius 2 is 2.11 bits per heavy atom. The summed E-state index contributed by atoms with van der Waals surface area (Å²) in [7, 11) is 0. The fraction of sp³-hybridized carbons (Fsp3) is 0.154. The maximum absolute atomic E-state index is 12.1. The van der Waals surface area contributed by atoms with Gasteiger partial charge in [0.05, 0.1) is 6.04 Å². The van der Waals surface area contributed by atoms with E-state index in [4.69, 9.17) is 28.9 Å². The minimum atomic E-state index is -0.597. The molecule has 18 heavy (non-hydrogen) atoms. The first kappa shape index (κ1) is 13.6. The van der Waals surface area contributed by atoms with Crippen molar-refractivity contribution in [1.82, 2.24) is 0 Å². The third-order valence-corrected chi connectivity index (χ3v) is 4.13. The molecule has 0 spiro atoms. The number of ketones is 1. The second-order valence-electron chi connectivity index (χ2n) is 3.87. The zero-order valence-electron chi connectivity index (χ0n) is 9.40. The van der Waals surface area contributed by atoms with E-state index in [1.807, 2.05) is 17.5 Å². The van der Waals surface area contributed by atoms with E-state index in [1.54, 1.807) is 18.2 Å². The minimum absolute atomic E-state index is 0.0679. The number of carbonyl (C=O) groups is 1. The molecule has 1 atom stereocenters. The van der Waals surface area contributed by atoms with Crippen LogP contribution in [-0.2, 0) is 11.2 Å². The lowest BCUT2D eigenvalue weighted by molar-refractivity contribution is -0.119. The van der Waals surface area contributed by atoms with Crippen molar-refractivity contribution in [3.63, 3.8) is 0 Å². The van der Waals surface area contributed by atoms with Crippen molar-refractivity contribution in [3.8, 4) is 0 Å². The standard InChI is InChI=1S/C13H11Cl2NOS/c14-9-3-4-10(15)8(6-9)7-11(17)13(16)12-2-1-5-18-12/h1-6,13H,7,16H2. The Kier molecular flexibility index (Phi) is 4.40. The summed E-state index contributed by atoms with van der Waals surface area (Å²) in [6.07, 6.45) is 0.193. The second kappa shape index (κ2) is 5.85. The maximum atomic E-state index is 12.1. The highest BCUT2D eigenvalue weighted by molar-refractivity contribution is 7.10. The molecule has 0 saturated heterocycles. The van der Waals surface area contributed by atoms with E-state index >= 15 is 0 Å². The summed E-state index contributed by atoms with van der Waals surface area (Å²) in [5.74, 6) is -0.0679. The lowest BCUT2D eigenvalue weighted by Crippen LogP contribution is -2.22. The molecule has 2 aromatic rings. The van der Waals surface area contributed by atoms with E-state index in [2.05, 4.69) is 0 Å². The summed E-state index contributed by atoms with van der Waals surface area (Å²) < 4.78 is 0. The molecule has 94 valence electrons. The summed E-state index contributed by atoms with van der Waals surface area (Å²) in [6, 6.07) is 8.20. The first-order valence-corrected chi connectivity index (χ1v) is 6.97. The predicted molar refractivity (Wildman–Crippen MR) is 76.4 cm³/mol. The number of nitrogens with two attached hydrogens (primary N) is 1. The fourth-order valence-corrected chi connectivity index (χ4v) is 2.73. The molecule has 1 unspecified atom stereocenters. The minimum Gasteiger partial charge on any atom is -0.317 e. The number of thiophene rings is 1. The average Bonchev–Trinajstić information content (AvgIpc) is 2.86. The van der Waals surface area contributed by atoms with Crippen molar-refractivity contribution < 1.29 is 4.79 Å². The molecular formula is C13H11Cl2NOS. The molecule has 1 heterocycles. The highest BCUT2D eigenvalue weighted by Gasteiger charge is 2.18. The normalized spacial score (nSPS) is 12.4. The van der Waals surface area contributed by atoms with Crippen LogP contribution in [0.2, 0.25) is 10.0 Å². The van der Waals surface area contributed by atoms with Gasteiger partial charge in [-0.2, -0.15) is 0 Å². The highest BCUT2D eigenvalue weighted by atomic mass is 35.5. The largest absolute Gasteiger partial charge is 0.317 e. The monoisotopic (exact) mass is 299 g/mol. The summed E-state index contributed by atoms with van der Waals surface area (Å²) in [5.41, 5.74) is 6.61. The number of hydrogen-bond donors (Lipinski definition) is 1. The molecule has 0 aliphatic carbocycles. The number of halogens is 2. The van der Waals surface area contributed by atoms with Gasteiger partial charge in [0.15, 0.2) is 5.78 Å². The molecular weight excluding hydrogens is 289 g/mol. The van der Waals surface area contributed by atoms with Crippen molar-refractivity contribution in [2.45, 2.75) is 12.5 Å². The van der Waals surface area contributed by atoms with Gasteiger partial charge in [0.2, 0.25) is 0 Å². The van der Waals surface area contributed by atoms with Crippen LogP contribution < -0.4 is 5.73 Å². The van der Waals surface area contributed by atoms with Crippen LogP contribution in [0.5, 0.6) is 0 Å². The second-order valence-corrected chi connectivity index (χ2v) is 5.69. The summed E-state index contributed by atoms with van der Waals surface area (Å²) in [4.78, 5) is 12.9. The Balaban J connectivity index is 2.14. The molecule has 1 aromatic carbocycles. The van der Waals surface area contributed by atoms with Crippen molar-refractivity contribution >= 4 is 40.3 Å². The Hall–Kier alpha value is -0.870. The van der Waals surface area contributed by atoms with E-state index < -0.39 is 6.04 Å². The average molecular weight is 300 g/mol. The van der Waals surface area contributed by atoms with Crippen LogP contribution >= 0.6 is 34.5 Å². The van der Waals surface area contributed by atoms with Gasteiger partial charge < -0.3 is 5.73 Å². The summed E-state index contributed by atoms with van der Waals surface area (Å²) in [6.45, 7) is 0. The Labute approximate surface area is 119 Å². The highest BCUT2D eigenvalue weighted by Crippen LogP contribution is 2.24. The van der Waals surface area contributed by atoms with Gasteiger partial charge in [-0.1, -0.05) is 29.3 Å². The van der Waals surface area contributed by atoms with Gasteiger partial charge in [0.25, 0.3) is 0 Å². The van der Waals surface area contributed by atoms with Crippen LogP contribution in [0.3, 0.4) is 0 Å². The van der Waals surface area contributed by atoms with E-state index in [-0.39, 0.29) is 12.2 Å². The van der Waals surface area contributed by atoms with Crippen LogP contribution in [0.25, 0.3) is 0 Å². The Morgan fingerprint density at radius 3 is 2.78 bits per heavy atom. The number of benzene rings is 1. The van der Waals surface area contributed by atoms with Crippen molar-refractivity contribution in [3.05, 3.63) is 56.2 Å². The molecule has 1 aromatic heterocycles. The molecule has 0 amide bonds. The molecule has 0 saturated carbocycles. The first-order chi connectivity index (χ1) is 8.58. The van der Waals surface area contributed by atoms with E-state index in [9.17, 15) is 4.79 Å². The van der Waals surface area contributed by atoms with Gasteiger partial charge in [-0.15, -0.1) is 11.3 Å². The quantitative estimate of drug-likeness (QED) is 0.931. The molecule has 0 radical (unpaired) electrons. The third-order valence-electron chi connectivity index (χ3n) is 2.57.